The van der Waals surface area contributed by atoms with Crippen LogP contribution in [0.1, 0.15) is 0 Å². The zero-order valence-corrected chi connectivity index (χ0v) is 9.03. The van der Waals surface area contributed by atoms with Gasteiger partial charge in [-0.1, -0.05) is 18.2 Å². The minimum absolute atomic E-state index is 0.310. The number of rotatable bonds is 4. The average Bonchev–Trinajstić information content (AvgIpc) is 2.16. The topological polar surface area (TPSA) is 55.4 Å². The third-order valence-electron chi connectivity index (χ3n) is 2.32. The molecule has 1 aromatic rings. The standard InChI is InChI=1S/C10H13NO3S/c12-15(13,10-4-2-1-3-5-10)11-6-9-7-14-8-9/h1-5,9,11H,6-8H2. The van der Waals surface area contributed by atoms with Gasteiger partial charge >= 0.3 is 0 Å². The zero-order valence-electron chi connectivity index (χ0n) is 8.22. The largest absolute Gasteiger partial charge is 0.381 e. The number of nitrogens with one attached hydrogen (secondary N) is 1. The molecular formula is C10H13NO3S. The van der Waals surface area contributed by atoms with Crippen molar-refractivity contribution in [2.24, 2.45) is 5.92 Å². The summed E-state index contributed by atoms with van der Waals surface area (Å²) in [6.07, 6.45) is 0. The van der Waals surface area contributed by atoms with E-state index in [0.29, 0.717) is 30.6 Å². The molecule has 0 radical (unpaired) electrons. The first-order valence-electron chi connectivity index (χ1n) is 4.81. The number of benzene rings is 1. The number of sulfonamides is 1. The molecule has 15 heavy (non-hydrogen) atoms. The lowest BCUT2D eigenvalue weighted by atomic mass is 10.1. The van der Waals surface area contributed by atoms with Crippen molar-refractivity contribution < 1.29 is 13.2 Å². The van der Waals surface area contributed by atoms with Crippen LogP contribution in [0.2, 0.25) is 0 Å². The van der Waals surface area contributed by atoms with E-state index in [1.165, 1.54) is 0 Å². The van der Waals surface area contributed by atoms with Crippen LogP contribution in [0, 0.1) is 5.92 Å². The molecule has 0 aromatic heterocycles. The molecule has 1 heterocycles. The summed E-state index contributed by atoms with van der Waals surface area (Å²) in [5, 5.41) is 0. The highest BCUT2D eigenvalue weighted by Crippen LogP contribution is 2.11. The second-order valence-electron chi connectivity index (χ2n) is 3.57. The maximum absolute atomic E-state index is 11.7. The molecule has 1 aliphatic rings. The SMILES string of the molecule is O=S(=O)(NCC1COC1)c1ccccc1. The Morgan fingerprint density at radius 3 is 2.47 bits per heavy atom. The molecule has 1 aliphatic heterocycles. The lowest BCUT2D eigenvalue weighted by Crippen LogP contribution is -2.39. The number of hydrogen-bond acceptors (Lipinski definition) is 3. The first kappa shape index (κ1) is 10.6. The molecule has 0 spiro atoms. The summed E-state index contributed by atoms with van der Waals surface area (Å²) in [4.78, 5) is 0.310. The van der Waals surface area contributed by atoms with Crippen molar-refractivity contribution in [2.45, 2.75) is 4.90 Å². The van der Waals surface area contributed by atoms with Gasteiger partial charge in [-0.3, -0.25) is 0 Å². The third kappa shape index (κ3) is 2.56. The van der Waals surface area contributed by atoms with Crippen molar-refractivity contribution in [3.63, 3.8) is 0 Å². The van der Waals surface area contributed by atoms with Crippen LogP contribution in [-0.4, -0.2) is 28.2 Å². The molecule has 5 heteroatoms. The zero-order chi connectivity index (χ0) is 10.7. The molecular weight excluding hydrogens is 214 g/mol. The van der Waals surface area contributed by atoms with Crippen molar-refractivity contribution in [3.8, 4) is 0 Å². The molecule has 4 nitrogen and oxygen atoms in total. The molecule has 0 aliphatic carbocycles. The van der Waals surface area contributed by atoms with Crippen LogP contribution >= 0.6 is 0 Å². The molecule has 1 N–H and O–H groups in total. The minimum atomic E-state index is -3.34. The van der Waals surface area contributed by atoms with E-state index in [-0.39, 0.29) is 0 Å². The highest BCUT2D eigenvalue weighted by molar-refractivity contribution is 7.89. The van der Waals surface area contributed by atoms with Gasteiger partial charge in [0.25, 0.3) is 0 Å². The molecule has 1 aromatic carbocycles. The lowest BCUT2D eigenvalue weighted by Gasteiger charge is -2.25. The molecule has 82 valence electrons. The van der Waals surface area contributed by atoms with Crippen LogP contribution in [0.5, 0.6) is 0 Å². The fourth-order valence-corrected chi connectivity index (χ4v) is 2.45. The van der Waals surface area contributed by atoms with Gasteiger partial charge in [0.1, 0.15) is 0 Å². The van der Waals surface area contributed by atoms with Crippen LogP contribution < -0.4 is 4.72 Å². The van der Waals surface area contributed by atoms with Gasteiger partial charge in [0.2, 0.25) is 10.0 Å². The van der Waals surface area contributed by atoms with Crippen LogP contribution in [0.15, 0.2) is 35.2 Å². The average molecular weight is 227 g/mol. The summed E-state index contributed by atoms with van der Waals surface area (Å²) in [6, 6.07) is 8.38. The van der Waals surface area contributed by atoms with E-state index in [4.69, 9.17) is 4.74 Å². The van der Waals surface area contributed by atoms with Crippen LogP contribution in [0.4, 0.5) is 0 Å². The molecule has 1 fully saturated rings. The van der Waals surface area contributed by atoms with E-state index in [9.17, 15) is 8.42 Å². The van der Waals surface area contributed by atoms with Gasteiger partial charge in [-0.25, -0.2) is 13.1 Å². The molecule has 0 bridgehead atoms. The van der Waals surface area contributed by atoms with E-state index in [1.54, 1.807) is 30.3 Å². The van der Waals surface area contributed by atoms with Crippen LogP contribution in [0.3, 0.4) is 0 Å². The van der Waals surface area contributed by atoms with E-state index < -0.39 is 10.0 Å². The fourth-order valence-electron chi connectivity index (χ4n) is 1.31. The summed E-state index contributed by atoms with van der Waals surface area (Å²) >= 11 is 0. The van der Waals surface area contributed by atoms with Gasteiger partial charge < -0.3 is 4.74 Å². The maximum atomic E-state index is 11.7. The molecule has 0 atom stereocenters. The Labute approximate surface area is 89.3 Å². The van der Waals surface area contributed by atoms with Crippen molar-refractivity contribution >= 4 is 10.0 Å². The predicted octanol–water partition coefficient (Wildman–Crippen LogP) is 0.611. The molecule has 2 rings (SSSR count). The molecule has 0 unspecified atom stereocenters. The second kappa shape index (κ2) is 4.30. The summed E-state index contributed by atoms with van der Waals surface area (Å²) in [5.74, 6) is 0.323. The van der Waals surface area contributed by atoms with Gasteiger partial charge in [0.05, 0.1) is 18.1 Å². The summed E-state index contributed by atoms with van der Waals surface area (Å²) in [6.45, 7) is 1.76. The van der Waals surface area contributed by atoms with Crippen molar-refractivity contribution in [3.05, 3.63) is 30.3 Å². The molecule has 0 saturated carbocycles. The second-order valence-corrected chi connectivity index (χ2v) is 5.34. The minimum Gasteiger partial charge on any atom is -0.381 e. The van der Waals surface area contributed by atoms with Crippen LogP contribution in [0.25, 0.3) is 0 Å². The van der Waals surface area contributed by atoms with E-state index in [2.05, 4.69) is 4.72 Å². The Hall–Kier alpha value is -0.910. The Balaban J connectivity index is 2.00. The Bertz CT molecular complexity index is 412. The van der Waals surface area contributed by atoms with Crippen molar-refractivity contribution in [1.29, 1.82) is 0 Å². The first-order valence-corrected chi connectivity index (χ1v) is 6.29. The Morgan fingerprint density at radius 1 is 1.27 bits per heavy atom. The number of ether oxygens (including phenoxy) is 1. The highest BCUT2D eigenvalue weighted by Gasteiger charge is 2.21. The van der Waals surface area contributed by atoms with Gasteiger partial charge in [-0.15, -0.1) is 0 Å². The Kier molecular flexibility index (Phi) is 3.04. The van der Waals surface area contributed by atoms with Crippen molar-refractivity contribution in [2.75, 3.05) is 19.8 Å². The summed E-state index contributed by atoms with van der Waals surface area (Å²) in [7, 11) is -3.34. The lowest BCUT2D eigenvalue weighted by molar-refractivity contribution is -0.0283. The third-order valence-corrected chi connectivity index (χ3v) is 3.76. The van der Waals surface area contributed by atoms with Crippen LogP contribution in [-0.2, 0) is 14.8 Å². The molecule has 1 saturated heterocycles. The Morgan fingerprint density at radius 2 is 1.93 bits per heavy atom. The monoisotopic (exact) mass is 227 g/mol. The fraction of sp³-hybridized carbons (Fsp3) is 0.400. The first-order chi connectivity index (χ1) is 7.18. The normalized spacial score (nSPS) is 17.3. The summed E-state index contributed by atoms with van der Waals surface area (Å²) < 4.78 is 31.0. The van der Waals surface area contributed by atoms with E-state index in [1.807, 2.05) is 0 Å². The van der Waals surface area contributed by atoms with Gasteiger partial charge in [-0.05, 0) is 12.1 Å². The quantitative estimate of drug-likeness (QED) is 0.820. The van der Waals surface area contributed by atoms with Gasteiger partial charge in [0, 0.05) is 12.5 Å². The number of hydrogen-bond donors (Lipinski definition) is 1. The molecule has 0 amide bonds. The smallest absolute Gasteiger partial charge is 0.240 e. The van der Waals surface area contributed by atoms with Crippen molar-refractivity contribution in [1.82, 2.24) is 4.72 Å². The predicted molar refractivity (Wildman–Crippen MR) is 55.9 cm³/mol. The maximum Gasteiger partial charge on any atom is 0.240 e. The van der Waals surface area contributed by atoms with Gasteiger partial charge in [0.15, 0.2) is 0 Å². The summed E-state index contributed by atoms with van der Waals surface area (Å²) in [5.41, 5.74) is 0. The van der Waals surface area contributed by atoms with E-state index in [0.717, 1.165) is 0 Å². The van der Waals surface area contributed by atoms with E-state index >= 15 is 0 Å². The highest BCUT2D eigenvalue weighted by atomic mass is 32.2. The van der Waals surface area contributed by atoms with Gasteiger partial charge in [-0.2, -0.15) is 0 Å².